The number of hydrogen-bond acceptors (Lipinski definition) is 4. The number of nitrogens with one attached hydrogen (secondary N) is 2. The molecule has 0 saturated heterocycles. The van der Waals surface area contributed by atoms with Crippen LogP contribution in [0, 0.1) is 0 Å². The highest BCUT2D eigenvalue weighted by Gasteiger charge is 2.15. The van der Waals surface area contributed by atoms with Gasteiger partial charge in [0.05, 0.1) is 11.9 Å². The Labute approximate surface area is 127 Å². The summed E-state index contributed by atoms with van der Waals surface area (Å²) in [4.78, 5) is 18.1. The summed E-state index contributed by atoms with van der Waals surface area (Å²) < 4.78 is 0. The Morgan fingerprint density at radius 2 is 2.27 bits per heavy atom. The number of amides is 1. The topological polar surface area (TPSA) is 90.6 Å². The zero-order chi connectivity index (χ0) is 15.4. The van der Waals surface area contributed by atoms with Crippen molar-refractivity contribution in [1.29, 1.82) is 0 Å². The molecule has 7 nitrogen and oxygen atoms in total. The third-order valence-electron chi connectivity index (χ3n) is 3.40. The van der Waals surface area contributed by atoms with Gasteiger partial charge in [-0.05, 0) is 30.2 Å². The van der Waals surface area contributed by atoms with Gasteiger partial charge in [0.25, 0.3) is 5.91 Å². The maximum atomic E-state index is 12.4. The lowest BCUT2D eigenvalue weighted by atomic mass is 10.2. The van der Waals surface area contributed by atoms with E-state index in [1.54, 1.807) is 36.6 Å². The van der Waals surface area contributed by atoms with E-state index in [-0.39, 0.29) is 5.91 Å². The molecule has 112 valence electrons. The van der Waals surface area contributed by atoms with Crippen LogP contribution in [-0.4, -0.2) is 49.8 Å². The summed E-state index contributed by atoms with van der Waals surface area (Å²) in [7, 11) is 1.77. The first-order chi connectivity index (χ1) is 10.7. The van der Waals surface area contributed by atoms with Crippen LogP contribution in [0.2, 0.25) is 0 Å². The minimum Gasteiger partial charge on any atom is -0.340 e. The van der Waals surface area contributed by atoms with Crippen LogP contribution in [0.1, 0.15) is 16.1 Å². The Kier molecular flexibility index (Phi) is 3.95. The number of H-pyrrole nitrogens is 2. The standard InChI is InChI=1S/C15H16N6O/c1-21(6-4-11-8-17-18-9-11)15(22)14-7-13(19-20-14)12-3-2-5-16-10-12/h2-3,5,7-10H,4,6H2,1H3,(H,17,18)(H,19,20). The predicted octanol–water partition coefficient (Wildman–Crippen LogP) is 1.51. The van der Waals surface area contributed by atoms with Crippen LogP contribution in [0.3, 0.4) is 0 Å². The van der Waals surface area contributed by atoms with E-state index in [1.807, 2.05) is 18.3 Å². The van der Waals surface area contributed by atoms with Gasteiger partial charge < -0.3 is 4.90 Å². The van der Waals surface area contributed by atoms with E-state index in [9.17, 15) is 4.79 Å². The highest BCUT2D eigenvalue weighted by Crippen LogP contribution is 2.16. The van der Waals surface area contributed by atoms with Crippen molar-refractivity contribution in [3.05, 3.63) is 54.2 Å². The molecule has 0 atom stereocenters. The summed E-state index contributed by atoms with van der Waals surface area (Å²) in [5, 5.41) is 13.6. The van der Waals surface area contributed by atoms with Crippen LogP contribution in [0.5, 0.6) is 0 Å². The predicted molar refractivity (Wildman–Crippen MR) is 81.1 cm³/mol. The van der Waals surface area contributed by atoms with E-state index in [1.165, 1.54) is 0 Å². The van der Waals surface area contributed by atoms with Crippen molar-refractivity contribution < 1.29 is 4.79 Å². The molecule has 3 aromatic heterocycles. The number of aromatic nitrogens is 5. The van der Waals surface area contributed by atoms with E-state index >= 15 is 0 Å². The molecule has 0 aliphatic carbocycles. The van der Waals surface area contributed by atoms with E-state index < -0.39 is 0 Å². The molecule has 0 saturated carbocycles. The maximum Gasteiger partial charge on any atom is 0.271 e. The van der Waals surface area contributed by atoms with Crippen LogP contribution in [-0.2, 0) is 6.42 Å². The van der Waals surface area contributed by atoms with Crippen molar-refractivity contribution in [1.82, 2.24) is 30.3 Å². The summed E-state index contributed by atoms with van der Waals surface area (Å²) in [6.45, 7) is 0.611. The zero-order valence-electron chi connectivity index (χ0n) is 12.2. The van der Waals surface area contributed by atoms with Crippen molar-refractivity contribution in [2.75, 3.05) is 13.6 Å². The van der Waals surface area contributed by atoms with Crippen molar-refractivity contribution in [3.8, 4) is 11.3 Å². The van der Waals surface area contributed by atoms with Crippen LogP contribution in [0.4, 0.5) is 0 Å². The minimum atomic E-state index is -0.0915. The summed E-state index contributed by atoms with van der Waals surface area (Å²) >= 11 is 0. The van der Waals surface area contributed by atoms with Crippen LogP contribution < -0.4 is 0 Å². The lowest BCUT2D eigenvalue weighted by Gasteiger charge is -2.15. The molecule has 0 aliphatic heterocycles. The largest absolute Gasteiger partial charge is 0.340 e. The van der Waals surface area contributed by atoms with Crippen molar-refractivity contribution in [3.63, 3.8) is 0 Å². The number of pyridine rings is 1. The Bertz CT molecular complexity index is 735. The van der Waals surface area contributed by atoms with Gasteiger partial charge in [-0.25, -0.2) is 0 Å². The molecule has 7 heteroatoms. The van der Waals surface area contributed by atoms with Gasteiger partial charge in [-0.15, -0.1) is 0 Å². The van der Waals surface area contributed by atoms with E-state index in [0.29, 0.717) is 17.9 Å². The molecule has 0 radical (unpaired) electrons. The van der Waals surface area contributed by atoms with E-state index in [0.717, 1.165) is 17.5 Å². The first-order valence-corrected chi connectivity index (χ1v) is 6.93. The molecule has 0 spiro atoms. The van der Waals surface area contributed by atoms with Crippen LogP contribution in [0.15, 0.2) is 43.0 Å². The van der Waals surface area contributed by atoms with Crippen molar-refractivity contribution >= 4 is 5.91 Å². The molecule has 2 N–H and O–H groups in total. The Morgan fingerprint density at radius 3 is 3.00 bits per heavy atom. The molecular weight excluding hydrogens is 280 g/mol. The van der Waals surface area contributed by atoms with Gasteiger partial charge in [-0.2, -0.15) is 10.2 Å². The van der Waals surface area contributed by atoms with Crippen LogP contribution >= 0.6 is 0 Å². The summed E-state index contributed by atoms with van der Waals surface area (Å²) in [5.74, 6) is -0.0915. The summed E-state index contributed by atoms with van der Waals surface area (Å²) in [6, 6.07) is 5.48. The SMILES string of the molecule is CN(CCc1cn[nH]c1)C(=O)c1cc(-c2cccnc2)n[nH]1. The van der Waals surface area contributed by atoms with Gasteiger partial charge in [0.2, 0.25) is 0 Å². The van der Waals surface area contributed by atoms with E-state index in [2.05, 4.69) is 25.4 Å². The van der Waals surface area contributed by atoms with Crippen LogP contribution in [0.25, 0.3) is 11.3 Å². The second-order valence-corrected chi connectivity index (χ2v) is 4.99. The third-order valence-corrected chi connectivity index (χ3v) is 3.40. The molecule has 0 bridgehead atoms. The number of nitrogens with zero attached hydrogens (tertiary/aromatic N) is 4. The van der Waals surface area contributed by atoms with Gasteiger partial charge >= 0.3 is 0 Å². The molecule has 1 amide bonds. The smallest absolute Gasteiger partial charge is 0.271 e. The first kappa shape index (κ1) is 14.0. The Hall–Kier alpha value is -2.96. The molecule has 0 fully saturated rings. The normalized spacial score (nSPS) is 10.6. The quantitative estimate of drug-likeness (QED) is 0.746. The molecule has 0 unspecified atom stereocenters. The second-order valence-electron chi connectivity index (χ2n) is 4.99. The number of rotatable bonds is 5. The van der Waals surface area contributed by atoms with Gasteiger partial charge in [-0.3, -0.25) is 20.0 Å². The van der Waals surface area contributed by atoms with Gasteiger partial charge in [0, 0.05) is 37.7 Å². The average molecular weight is 296 g/mol. The van der Waals surface area contributed by atoms with Gasteiger partial charge in [-0.1, -0.05) is 0 Å². The molecule has 22 heavy (non-hydrogen) atoms. The Morgan fingerprint density at radius 1 is 1.36 bits per heavy atom. The average Bonchev–Trinajstić information content (AvgIpc) is 3.24. The first-order valence-electron chi connectivity index (χ1n) is 6.93. The molecular formula is C15H16N6O. The fourth-order valence-electron chi connectivity index (χ4n) is 2.11. The highest BCUT2D eigenvalue weighted by molar-refractivity contribution is 5.93. The minimum absolute atomic E-state index is 0.0915. The molecule has 0 aromatic carbocycles. The second kappa shape index (κ2) is 6.21. The lowest BCUT2D eigenvalue weighted by Crippen LogP contribution is -2.29. The number of hydrogen-bond donors (Lipinski definition) is 2. The fourth-order valence-corrected chi connectivity index (χ4v) is 2.11. The maximum absolute atomic E-state index is 12.4. The van der Waals surface area contributed by atoms with E-state index in [4.69, 9.17) is 0 Å². The molecule has 3 aromatic rings. The monoisotopic (exact) mass is 296 g/mol. The molecule has 3 heterocycles. The highest BCUT2D eigenvalue weighted by atomic mass is 16.2. The number of aromatic amines is 2. The summed E-state index contributed by atoms with van der Waals surface area (Å²) in [6.07, 6.45) is 7.76. The number of likely N-dealkylation sites (N-methyl/N-ethyl adjacent to an activating group) is 1. The number of carbonyl (C=O) groups excluding carboxylic acids is 1. The lowest BCUT2D eigenvalue weighted by molar-refractivity contribution is 0.0791. The fraction of sp³-hybridized carbons (Fsp3) is 0.200. The molecule has 0 aliphatic rings. The zero-order valence-corrected chi connectivity index (χ0v) is 12.2. The van der Waals surface area contributed by atoms with Gasteiger partial charge in [0.15, 0.2) is 0 Å². The Balaban J connectivity index is 1.66. The molecule has 3 rings (SSSR count). The summed E-state index contributed by atoms with van der Waals surface area (Å²) in [5.41, 5.74) is 3.12. The van der Waals surface area contributed by atoms with Gasteiger partial charge in [0.1, 0.15) is 5.69 Å². The number of carbonyl (C=O) groups is 1. The third kappa shape index (κ3) is 3.03. The van der Waals surface area contributed by atoms with Crippen molar-refractivity contribution in [2.24, 2.45) is 0 Å². The van der Waals surface area contributed by atoms with Crippen molar-refractivity contribution in [2.45, 2.75) is 6.42 Å².